The van der Waals surface area contributed by atoms with E-state index in [1.165, 1.54) is 0 Å². The van der Waals surface area contributed by atoms with E-state index in [0.717, 1.165) is 0 Å². The second kappa shape index (κ2) is 4.57. The van der Waals surface area contributed by atoms with Crippen molar-refractivity contribution < 1.29 is 23.9 Å². The molecule has 0 heterocycles. The van der Waals surface area contributed by atoms with Crippen molar-refractivity contribution in [3.8, 4) is 0 Å². The van der Waals surface area contributed by atoms with E-state index in [2.05, 4.69) is 4.74 Å². The quantitative estimate of drug-likeness (QED) is 0.396. The molecule has 0 saturated carbocycles. The minimum Gasteiger partial charge on any atom is -0.465 e. The summed E-state index contributed by atoms with van der Waals surface area (Å²) in [5, 5.41) is 0. The van der Waals surface area contributed by atoms with Gasteiger partial charge in [0.15, 0.2) is 0 Å². The van der Waals surface area contributed by atoms with Gasteiger partial charge in [-0.1, -0.05) is 0 Å². The summed E-state index contributed by atoms with van der Waals surface area (Å²) in [7, 11) is -4.23. The van der Waals surface area contributed by atoms with Crippen LogP contribution in [0.5, 0.6) is 0 Å². The van der Waals surface area contributed by atoms with Crippen LogP contribution in [0.25, 0.3) is 0 Å². The number of hydrogen-bond acceptors (Lipinski definition) is 4. The van der Waals surface area contributed by atoms with Crippen LogP contribution in [0.4, 0.5) is 0 Å². The van der Waals surface area contributed by atoms with Gasteiger partial charge in [0.25, 0.3) is 0 Å². The number of carbonyl (C=O) groups excluding carboxylic acids is 1. The fourth-order valence-electron chi connectivity index (χ4n) is 0.580. The van der Waals surface area contributed by atoms with Gasteiger partial charge in [-0.25, -0.2) is 0 Å². The number of rotatable bonds is 4. The van der Waals surface area contributed by atoms with E-state index in [9.17, 15) is 9.36 Å². The minimum atomic E-state index is -4.23. The molecule has 1 atom stereocenters. The number of nitrogens with two attached hydrogens (primary N) is 1. The predicted octanol–water partition coefficient (Wildman–Crippen LogP) is -0.946. The van der Waals surface area contributed by atoms with Crippen molar-refractivity contribution in [2.24, 2.45) is 5.73 Å². The van der Waals surface area contributed by atoms with Crippen molar-refractivity contribution in [2.45, 2.75) is 13.0 Å². The molecule has 72 valence electrons. The largest absolute Gasteiger partial charge is 0.465 e. The minimum absolute atomic E-state index is 0.147. The van der Waals surface area contributed by atoms with Crippen molar-refractivity contribution >= 4 is 13.6 Å². The van der Waals surface area contributed by atoms with E-state index < -0.39 is 25.8 Å². The average Bonchev–Trinajstić information content (AvgIpc) is 1.84. The molecule has 0 bridgehead atoms. The molecule has 0 saturated heterocycles. The fraction of sp³-hybridized carbons (Fsp3) is 0.800. The SMILES string of the molecule is CCOC(=O)[C@@H](N)CP(=O)(O)O. The van der Waals surface area contributed by atoms with Gasteiger partial charge >= 0.3 is 13.6 Å². The van der Waals surface area contributed by atoms with E-state index in [4.69, 9.17) is 15.5 Å². The van der Waals surface area contributed by atoms with Crippen molar-refractivity contribution in [2.75, 3.05) is 12.8 Å². The molecule has 0 unspecified atom stereocenters. The van der Waals surface area contributed by atoms with E-state index in [1.807, 2.05) is 0 Å². The first-order valence-electron chi connectivity index (χ1n) is 3.33. The van der Waals surface area contributed by atoms with Crippen LogP contribution in [0.2, 0.25) is 0 Å². The first-order valence-corrected chi connectivity index (χ1v) is 5.13. The number of carbonyl (C=O) groups is 1. The molecule has 0 spiro atoms. The monoisotopic (exact) mass is 197 g/mol. The molecule has 0 aliphatic heterocycles. The highest BCUT2D eigenvalue weighted by Crippen LogP contribution is 2.34. The maximum Gasteiger partial charge on any atom is 0.327 e. The van der Waals surface area contributed by atoms with E-state index >= 15 is 0 Å². The predicted molar refractivity (Wildman–Crippen MR) is 41.5 cm³/mol. The van der Waals surface area contributed by atoms with Crippen LogP contribution in [0, 0.1) is 0 Å². The molecular weight excluding hydrogens is 185 g/mol. The van der Waals surface area contributed by atoms with Crippen LogP contribution in [0.15, 0.2) is 0 Å². The lowest BCUT2D eigenvalue weighted by atomic mass is 10.4. The van der Waals surface area contributed by atoms with Gasteiger partial charge in [0, 0.05) is 0 Å². The Hall–Kier alpha value is -0.420. The van der Waals surface area contributed by atoms with E-state index in [0.29, 0.717) is 0 Å². The standard InChI is InChI=1S/C5H12NO5P/c1-2-11-5(7)4(6)3-12(8,9)10/h4H,2-3,6H2,1H3,(H2,8,9,10)/t4-/m0/s1. The third-order valence-corrected chi connectivity index (χ3v) is 1.89. The Bertz CT molecular complexity index is 200. The van der Waals surface area contributed by atoms with E-state index in [-0.39, 0.29) is 6.61 Å². The first kappa shape index (κ1) is 11.6. The zero-order chi connectivity index (χ0) is 9.78. The molecular formula is C5H12NO5P. The van der Waals surface area contributed by atoms with Crippen LogP contribution in [-0.2, 0) is 14.1 Å². The van der Waals surface area contributed by atoms with Gasteiger partial charge < -0.3 is 20.3 Å². The Morgan fingerprint density at radius 2 is 2.17 bits per heavy atom. The molecule has 0 rings (SSSR count). The third-order valence-electron chi connectivity index (χ3n) is 1.02. The van der Waals surface area contributed by atoms with Gasteiger partial charge in [-0.2, -0.15) is 0 Å². The highest BCUT2D eigenvalue weighted by atomic mass is 31.2. The molecule has 0 aliphatic carbocycles. The van der Waals surface area contributed by atoms with E-state index in [1.54, 1.807) is 6.92 Å². The number of ether oxygens (including phenoxy) is 1. The summed E-state index contributed by atoms with van der Waals surface area (Å²) in [5.74, 6) is -0.791. The van der Waals surface area contributed by atoms with Crippen molar-refractivity contribution in [3.63, 3.8) is 0 Å². The number of hydrogen-bond donors (Lipinski definition) is 3. The molecule has 6 nitrogen and oxygen atoms in total. The summed E-state index contributed by atoms with van der Waals surface area (Å²) >= 11 is 0. The maximum atomic E-state index is 10.7. The highest BCUT2D eigenvalue weighted by Gasteiger charge is 2.24. The average molecular weight is 197 g/mol. The zero-order valence-corrected chi connectivity index (χ0v) is 7.53. The molecule has 12 heavy (non-hydrogen) atoms. The zero-order valence-electron chi connectivity index (χ0n) is 6.64. The molecule has 7 heteroatoms. The lowest BCUT2D eigenvalue weighted by molar-refractivity contribution is -0.144. The van der Waals surface area contributed by atoms with Gasteiger partial charge in [0.05, 0.1) is 12.8 Å². The van der Waals surface area contributed by atoms with Crippen LogP contribution in [0.3, 0.4) is 0 Å². The molecule has 0 radical (unpaired) electrons. The van der Waals surface area contributed by atoms with Crippen molar-refractivity contribution in [1.29, 1.82) is 0 Å². The summed E-state index contributed by atoms with van der Waals surface area (Å²) < 4.78 is 14.8. The van der Waals surface area contributed by atoms with Crippen LogP contribution in [0.1, 0.15) is 6.92 Å². The molecule has 0 aromatic rings. The van der Waals surface area contributed by atoms with Crippen molar-refractivity contribution in [1.82, 2.24) is 0 Å². The molecule has 0 fully saturated rings. The van der Waals surface area contributed by atoms with Gasteiger partial charge in [0.2, 0.25) is 0 Å². The summed E-state index contributed by atoms with van der Waals surface area (Å²) in [6, 6.07) is -1.24. The Kier molecular flexibility index (Phi) is 4.41. The van der Waals surface area contributed by atoms with Crippen molar-refractivity contribution in [3.05, 3.63) is 0 Å². The summed E-state index contributed by atoms with van der Waals surface area (Å²) in [6.07, 6.45) is -0.675. The Morgan fingerprint density at radius 1 is 1.67 bits per heavy atom. The van der Waals surface area contributed by atoms with Crippen LogP contribution >= 0.6 is 7.60 Å². The normalized spacial score (nSPS) is 14.0. The summed E-state index contributed by atoms with van der Waals surface area (Å²) in [4.78, 5) is 27.6. The number of esters is 1. The molecule has 4 N–H and O–H groups in total. The van der Waals surface area contributed by atoms with Gasteiger partial charge in [0.1, 0.15) is 6.04 Å². The van der Waals surface area contributed by atoms with Gasteiger partial charge in [-0.15, -0.1) is 0 Å². The smallest absolute Gasteiger partial charge is 0.327 e. The molecule has 0 aromatic heterocycles. The second-order valence-electron chi connectivity index (χ2n) is 2.21. The molecule has 0 aromatic carbocycles. The molecule has 0 aliphatic rings. The molecule has 0 amide bonds. The van der Waals surface area contributed by atoms with Gasteiger partial charge in [-0.3, -0.25) is 9.36 Å². The maximum absolute atomic E-state index is 10.7. The third kappa shape index (κ3) is 5.26. The van der Waals surface area contributed by atoms with Crippen LogP contribution in [-0.4, -0.2) is 34.6 Å². The van der Waals surface area contributed by atoms with Gasteiger partial charge in [-0.05, 0) is 6.92 Å². The fourth-order valence-corrected chi connectivity index (χ4v) is 1.24. The Morgan fingerprint density at radius 3 is 2.50 bits per heavy atom. The van der Waals surface area contributed by atoms with Crippen LogP contribution < -0.4 is 5.73 Å². The summed E-state index contributed by atoms with van der Waals surface area (Å²) in [5.41, 5.74) is 5.12. The topological polar surface area (TPSA) is 110 Å². The summed E-state index contributed by atoms with van der Waals surface area (Å²) in [6.45, 7) is 1.73. The lowest BCUT2D eigenvalue weighted by Gasteiger charge is -2.10. The Labute approximate surface area is 69.9 Å². The second-order valence-corrected chi connectivity index (χ2v) is 3.90. The first-order chi connectivity index (χ1) is 5.37. The Balaban J connectivity index is 3.96. The lowest BCUT2D eigenvalue weighted by Crippen LogP contribution is -2.35. The highest BCUT2D eigenvalue weighted by molar-refractivity contribution is 7.51.